The van der Waals surface area contributed by atoms with E-state index in [1.54, 1.807) is 7.11 Å². The van der Waals surface area contributed by atoms with Gasteiger partial charge in [0, 0.05) is 20.4 Å². The van der Waals surface area contributed by atoms with Gasteiger partial charge in [0.1, 0.15) is 4.99 Å². The molecule has 2 rings (SSSR count). The van der Waals surface area contributed by atoms with Gasteiger partial charge in [-0.05, 0) is 37.3 Å². The molecule has 1 unspecified atom stereocenters. The van der Waals surface area contributed by atoms with Gasteiger partial charge in [-0.2, -0.15) is 0 Å². The molecule has 1 aliphatic carbocycles. The highest BCUT2D eigenvalue weighted by atomic mass is 32.1. The number of nitrogens with zero attached hydrogens (tertiary/aromatic N) is 1. The smallest absolute Gasteiger partial charge is 0.159 e. The summed E-state index contributed by atoms with van der Waals surface area (Å²) >= 11 is 5.42. The van der Waals surface area contributed by atoms with E-state index in [1.807, 2.05) is 13.2 Å². The first-order valence-corrected chi connectivity index (χ1v) is 6.28. The van der Waals surface area contributed by atoms with Crippen LogP contribution in [-0.4, -0.2) is 24.1 Å². The molecule has 0 aliphatic heterocycles. The van der Waals surface area contributed by atoms with Crippen molar-refractivity contribution in [3.8, 4) is 0 Å². The lowest BCUT2D eigenvalue weighted by Gasteiger charge is -2.37. The van der Waals surface area contributed by atoms with Gasteiger partial charge in [0.15, 0.2) is 5.60 Å². The second-order valence-corrected chi connectivity index (χ2v) is 4.89. The molecule has 0 aromatic carbocycles. The van der Waals surface area contributed by atoms with Crippen molar-refractivity contribution in [2.24, 2.45) is 0 Å². The van der Waals surface area contributed by atoms with Crippen LogP contribution in [0.15, 0.2) is 12.3 Å². The summed E-state index contributed by atoms with van der Waals surface area (Å²) in [6.07, 6.45) is 4.91. The topological polar surface area (TPSA) is 34.1 Å². The maximum atomic E-state index is 5.73. The Morgan fingerprint density at radius 3 is 3.00 bits per heavy atom. The molecule has 3 nitrogen and oxygen atoms in total. The predicted molar refractivity (Wildman–Crippen MR) is 72.3 cm³/mol. The Morgan fingerprint density at radius 1 is 1.59 bits per heavy atom. The van der Waals surface area contributed by atoms with E-state index in [0.717, 1.165) is 29.9 Å². The Bertz CT molecular complexity index is 447. The highest BCUT2D eigenvalue weighted by Gasteiger charge is 2.41. The zero-order chi connectivity index (χ0) is 12.5. The second kappa shape index (κ2) is 4.70. The first-order chi connectivity index (χ1) is 8.14. The van der Waals surface area contributed by atoms with Crippen LogP contribution >= 0.6 is 12.2 Å². The zero-order valence-corrected chi connectivity index (χ0v) is 11.4. The fourth-order valence-electron chi connectivity index (χ4n) is 2.54. The van der Waals surface area contributed by atoms with Crippen molar-refractivity contribution >= 4 is 17.2 Å². The second-order valence-electron chi connectivity index (χ2n) is 4.48. The van der Waals surface area contributed by atoms with Gasteiger partial charge in [0.05, 0.1) is 5.69 Å². The molecule has 1 aromatic heterocycles. The molecule has 0 bridgehead atoms. The van der Waals surface area contributed by atoms with Crippen molar-refractivity contribution < 1.29 is 4.74 Å². The molecule has 1 aromatic rings. The van der Waals surface area contributed by atoms with E-state index in [4.69, 9.17) is 17.0 Å². The van der Waals surface area contributed by atoms with E-state index in [0.29, 0.717) is 0 Å². The number of hydrogen-bond donors (Lipinski definition) is 1. The fourth-order valence-corrected chi connectivity index (χ4v) is 2.83. The van der Waals surface area contributed by atoms with Crippen LogP contribution in [0.5, 0.6) is 0 Å². The van der Waals surface area contributed by atoms with Gasteiger partial charge in [0.2, 0.25) is 0 Å². The lowest BCUT2D eigenvalue weighted by Crippen LogP contribution is -2.46. The number of aryl methyl sites for hydroxylation is 2. The zero-order valence-electron chi connectivity index (χ0n) is 10.5. The van der Waals surface area contributed by atoms with Crippen LogP contribution in [0.4, 0.5) is 0 Å². The highest BCUT2D eigenvalue weighted by molar-refractivity contribution is 7.80. The Kier molecular flexibility index (Phi) is 3.45. The summed E-state index contributed by atoms with van der Waals surface area (Å²) in [5.41, 5.74) is 2.89. The number of methoxy groups -OCH3 is 1. The summed E-state index contributed by atoms with van der Waals surface area (Å²) in [5, 5.41) is 3.05. The van der Waals surface area contributed by atoms with Crippen molar-refractivity contribution in [1.82, 2.24) is 10.3 Å². The Balaban J connectivity index is 2.55. The minimum atomic E-state index is -0.536. The van der Waals surface area contributed by atoms with Gasteiger partial charge >= 0.3 is 0 Å². The fraction of sp³-hybridized carbons (Fsp3) is 0.538. The monoisotopic (exact) mass is 250 g/mol. The molecule has 92 valence electrons. The molecule has 1 N–H and O–H groups in total. The largest absolute Gasteiger partial charge is 0.380 e. The normalized spacial score (nSPS) is 23.0. The summed E-state index contributed by atoms with van der Waals surface area (Å²) in [7, 11) is 3.55. The summed E-state index contributed by atoms with van der Waals surface area (Å²) in [5.74, 6) is 0. The number of fused-ring (bicyclic) bond motifs is 1. The third-order valence-electron chi connectivity index (χ3n) is 3.40. The van der Waals surface area contributed by atoms with Crippen molar-refractivity contribution in [3.63, 3.8) is 0 Å². The average Bonchev–Trinajstić information content (AvgIpc) is 2.36. The SMILES string of the molecule is CNC(=S)C1(OC)CCCc2cc(C)cnc21. The number of aromatic nitrogens is 1. The van der Waals surface area contributed by atoms with Gasteiger partial charge in [-0.3, -0.25) is 4.98 Å². The van der Waals surface area contributed by atoms with E-state index in [1.165, 1.54) is 11.1 Å². The van der Waals surface area contributed by atoms with Crippen LogP contribution in [-0.2, 0) is 16.8 Å². The van der Waals surface area contributed by atoms with Crippen molar-refractivity contribution in [2.45, 2.75) is 31.8 Å². The number of thiocarbonyl (C=S) groups is 1. The molecule has 0 fully saturated rings. The number of pyridine rings is 1. The minimum Gasteiger partial charge on any atom is -0.380 e. The quantitative estimate of drug-likeness (QED) is 0.815. The molecule has 4 heteroatoms. The maximum absolute atomic E-state index is 5.73. The van der Waals surface area contributed by atoms with E-state index >= 15 is 0 Å². The summed E-state index contributed by atoms with van der Waals surface area (Å²) in [4.78, 5) is 5.28. The van der Waals surface area contributed by atoms with Crippen LogP contribution in [0, 0.1) is 6.92 Å². The molecule has 1 heterocycles. The van der Waals surface area contributed by atoms with E-state index in [2.05, 4.69) is 23.3 Å². The number of ether oxygens (including phenoxy) is 1. The molecule has 0 saturated heterocycles. The Morgan fingerprint density at radius 2 is 2.35 bits per heavy atom. The molecule has 0 radical (unpaired) electrons. The van der Waals surface area contributed by atoms with Gasteiger partial charge in [0.25, 0.3) is 0 Å². The highest BCUT2D eigenvalue weighted by Crippen LogP contribution is 2.37. The first kappa shape index (κ1) is 12.5. The Labute approximate surface area is 108 Å². The number of hydrogen-bond acceptors (Lipinski definition) is 3. The van der Waals surface area contributed by atoms with Crippen molar-refractivity contribution in [3.05, 3.63) is 29.1 Å². The molecule has 1 aliphatic rings. The summed E-state index contributed by atoms with van der Waals surface area (Å²) in [6.45, 7) is 2.06. The van der Waals surface area contributed by atoms with E-state index < -0.39 is 5.60 Å². The minimum absolute atomic E-state index is 0.536. The van der Waals surface area contributed by atoms with Crippen LogP contribution in [0.3, 0.4) is 0 Å². The lowest BCUT2D eigenvalue weighted by molar-refractivity contribution is 0.0282. The molecular formula is C13H18N2OS. The maximum Gasteiger partial charge on any atom is 0.159 e. The molecule has 0 spiro atoms. The Hall–Kier alpha value is -1.00. The molecule has 0 saturated carbocycles. The molecular weight excluding hydrogens is 232 g/mol. The first-order valence-electron chi connectivity index (χ1n) is 5.87. The standard InChI is InChI=1S/C13H18N2OS/c1-9-7-10-5-4-6-13(16-3,12(17)14-2)11(10)15-8-9/h7-8H,4-6H2,1-3H3,(H,14,17). The number of nitrogens with one attached hydrogen (secondary N) is 1. The summed E-state index contributed by atoms with van der Waals surface area (Å²) < 4.78 is 5.73. The molecule has 1 atom stereocenters. The van der Waals surface area contributed by atoms with E-state index in [-0.39, 0.29) is 0 Å². The van der Waals surface area contributed by atoms with Crippen LogP contribution in [0.2, 0.25) is 0 Å². The van der Waals surface area contributed by atoms with Crippen molar-refractivity contribution in [2.75, 3.05) is 14.2 Å². The van der Waals surface area contributed by atoms with Gasteiger partial charge < -0.3 is 10.1 Å². The lowest BCUT2D eigenvalue weighted by atomic mass is 9.82. The van der Waals surface area contributed by atoms with E-state index in [9.17, 15) is 0 Å². The van der Waals surface area contributed by atoms with Crippen molar-refractivity contribution in [1.29, 1.82) is 0 Å². The van der Waals surface area contributed by atoms with Gasteiger partial charge in [-0.25, -0.2) is 0 Å². The third kappa shape index (κ3) is 1.96. The molecule has 17 heavy (non-hydrogen) atoms. The molecule has 0 amide bonds. The summed E-state index contributed by atoms with van der Waals surface area (Å²) in [6, 6.07) is 2.19. The number of likely N-dealkylation sites (N-methyl/N-ethyl adjacent to an activating group) is 1. The van der Waals surface area contributed by atoms with Crippen LogP contribution in [0.1, 0.15) is 29.7 Å². The van der Waals surface area contributed by atoms with Gasteiger partial charge in [-0.15, -0.1) is 0 Å². The predicted octanol–water partition coefficient (Wildman–Crippen LogP) is 2.11. The average molecular weight is 250 g/mol. The van der Waals surface area contributed by atoms with Crippen LogP contribution < -0.4 is 5.32 Å². The van der Waals surface area contributed by atoms with Gasteiger partial charge in [-0.1, -0.05) is 18.3 Å². The third-order valence-corrected chi connectivity index (χ3v) is 3.94. The van der Waals surface area contributed by atoms with Crippen LogP contribution in [0.25, 0.3) is 0 Å². The number of rotatable bonds is 2.